The fourth-order valence-corrected chi connectivity index (χ4v) is 3.14. The van der Waals surface area contributed by atoms with Crippen LogP contribution in [-0.4, -0.2) is 35.6 Å². The first-order valence-corrected chi connectivity index (χ1v) is 7.67. The smallest absolute Gasteiger partial charge is 0.289 e. The van der Waals surface area contributed by atoms with E-state index in [0.29, 0.717) is 17.5 Å². The summed E-state index contributed by atoms with van der Waals surface area (Å²) in [7, 11) is 1.71. The molecule has 1 aromatic carbocycles. The van der Waals surface area contributed by atoms with E-state index in [0.717, 1.165) is 25.7 Å². The summed E-state index contributed by atoms with van der Waals surface area (Å²) in [5.41, 5.74) is 0.496. The highest BCUT2D eigenvalue weighted by Crippen LogP contribution is 2.26. The monoisotopic (exact) mass is 305 g/mol. The summed E-state index contributed by atoms with van der Waals surface area (Å²) in [6.45, 7) is 0.505. The molecule has 4 nitrogen and oxygen atoms in total. The van der Waals surface area contributed by atoms with Crippen molar-refractivity contribution in [2.45, 2.75) is 31.8 Å². The maximum atomic E-state index is 13.2. The van der Waals surface area contributed by atoms with E-state index >= 15 is 0 Å². The van der Waals surface area contributed by atoms with Crippen molar-refractivity contribution in [3.63, 3.8) is 0 Å². The Morgan fingerprint density at radius 2 is 2.14 bits per heavy atom. The summed E-state index contributed by atoms with van der Waals surface area (Å²) in [5.74, 6) is -0.279. The van der Waals surface area contributed by atoms with Gasteiger partial charge < -0.3 is 14.4 Å². The Bertz CT molecular complexity index is 682. The van der Waals surface area contributed by atoms with E-state index < -0.39 is 0 Å². The molecule has 5 heteroatoms. The first-order valence-electron chi connectivity index (χ1n) is 7.67. The molecule has 0 radical (unpaired) electrons. The molecule has 0 aliphatic heterocycles. The topological polar surface area (TPSA) is 53.7 Å². The number of halogens is 1. The van der Waals surface area contributed by atoms with Crippen molar-refractivity contribution in [2.75, 3.05) is 13.6 Å². The number of hydrogen-bond donors (Lipinski definition) is 1. The van der Waals surface area contributed by atoms with Gasteiger partial charge in [-0.25, -0.2) is 4.39 Å². The lowest BCUT2D eigenvalue weighted by atomic mass is 9.86. The van der Waals surface area contributed by atoms with E-state index in [9.17, 15) is 14.3 Å². The van der Waals surface area contributed by atoms with Gasteiger partial charge in [-0.3, -0.25) is 4.79 Å². The fourth-order valence-electron chi connectivity index (χ4n) is 3.14. The van der Waals surface area contributed by atoms with Crippen molar-refractivity contribution in [3.8, 4) is 0 Å². The van der Waals surface area contributed by atoms with E-state index in [4.69, 9.17) is 4.42 Å². The van der Waals surface area contributed by atoms with Crippen molar-refractivity contribution in [2.24, 2.45) is 5.92 Å². The van der Waals surface area contributed by atoms with Crippen LogP contribution in [0.2, 0.25) is 0 Å². The van der Waals surface area contributed by atoms with E-state index in [1.54, 1.807) is 18.0 Å². The molecule has 1 fully saturated rings. The Balaban J connectivity index is 1.73. The van der Waals surface area contributed by atoms with Crippen LogP contribution in [0.3, 0.4) is 0 Å². The van der Waals surface area contributed by atoms with Gasteiger partial charge in [0.25, 0.3) is 5.91 Å². The van der Waals surface area contributed by atoms with Crippen molar-refractivity contribution < 1.29 is 18.7 Å². The van der Waals surface area contributed by atoms with Gasteiger partial charge in [-0.15, -0.1) is 0 Å². The Morgan fingerprint density at radius 3 is 2.91 bits per heavy atom. The predicted molar refractivity (Wildman–Crippen MR) is 81.1 cm³/mol. The molecule has 0 spiro atoms. The highest BCUT2D eigenvalue weighted by Gasteiger charge is 2.27. The minimum Gasteiger partial charge on any atom is -0.451 e. The first-order chi connectivity index (χ1) is 10.5. The molecule has 0 saturated heterocycles. The Labute approximate surface area is 128 Å². The molecule has 1 aliphatic rings. The largest absolute Gasteiger partial charge is 0.451 e. The Kier molecular flexibility index (Phi) is 4.16. The number of furan rings is 1. The molecule has 1 aliphatic carbocycles. The first kappa shape index (κ1) is 15.0. The minimum absolute atomic E-state index is 0.115. The van der Waals surface area contributed by atoms with Crippen LogP contribution in [-0.2, 0) is 0 Å². The SMILES string of the molecule is CN(CC1CCCCC1O)C(=O)c1cc2cc(F)ccc2o1. The number of rotatable bonds is 3. The molecule has 1 aromatic heterocycles. The van der Waals surface area contributed by atoms with Gasteiger partial charge in [-0.1, -0.05) is 12.8 Å². The number of hydrogen-bond acceptors (Lipinski definition) is 3. The minimum atomic E-state index is -0.356. The van der Waals surface area contributed by atoms with Gasteiger partial charge in [-0.05, 0) is 37.1 Å². The Morgan fingerprint density at radius 1 is 1.36 bits per heavy atom. The molecule has 2 aromatic rings. The average Bonchev–Trinajstić information content (AvgIpc) is 2.91. The summed E-state index contributed by atoms with van der Waals surface area (Å²) in [4.78, 5) is 14.0. The molecule has 1 amide bonds. The van der Waals surface area contributed by atoms with Crippen molar-refractivity contribution in [3.05, 3.63) is 35.8 Å². The van der Waals surface area contributed by atoms with Gasteiger partial charge in [0.1, 0.15) is 11.4 Å². The quantitative estimate of drug-likeness (QED) is 0.947. The second kappa shape index (κ2) is 6.08. The number of carbonyl (C=O) groups excluding carboxylic acids is 1. The van der Waals surface area contributed by atoms with E-state index in [2.05, 4.69) is 0 Å². The molecule has 3 rings (SSSR count). The van der Waals surface area contributed by atoms with Gasteiger partial charge in [0, 0.05) is 24.9 Å². The van der Waals surface area contributed by atoms with Crippen LogP contribution < -0.4 is 0 Å². The second-order valence-corrected chi connectivity index (χ2v) is 6.09. The summed E-state index contributed by atoms with van der Waals surface area (Å²) in [5, 5.41) is 10.6. The lowest BCUT2D eigenvalue weighted by molar-refractivity contribution is 0.0438. The van der Waals surface area contributed by atoms with Crippen molar-refractivity contribution in [1.82, 2.24) is 4.90 Å². The number of aliphatic hydroxyl groups excluding tert-OH is 1. The number of carbonyl (C=O) groups is 1. The molecule has 1 heterocycles. The van der Waals surface area contributed by atoms with Crippen LogP contribution in [0.1, 0.15) is 36.2 Å². The van der Waals surface area contributed by atoms with Gasteiger partial charge in [0.15, 0.2) is 5.76 Å². The third-order valence-electron chi connectivity index (χ3n) is 4.41. The van der Waals surface area contributed by atoms with Crippen LogP contribution in [0.15, 0.2) is 28.7 Å². The maximum Gasteiger partial charge on any atom is 0.289 e. The summed E-state index contributed by atoms with van der Waals surface area (Å²) >= 11 is 0. The molecule has 1 N–H and O–H groups in total. The van der Waals surface area contributed by atoms with Gasteiger partial charge in [0.05, 0.1) is 6.10 Å². The van der Waals surface area contributed by atoms with E-state index in [-0.39, 0.29) is 29.5 Å². The standard InChI is InChI=1S/C17H20FNO3/c1-19(10-11-4-2-3-5-14(11)20)17(21)16-9-12-8-13(18)6-7-15(12)22-16/h6-9,11,14,20H,2-5,10H2,1H3. The number of benzene rings is 1. The zero-order valence-corrected chi connectivity index (χ0v) is 12.6. The third-order valence-corrected chi connectivity index (χ3v) is 4.41. The zero-order chi connectivity index (χ0) is 15.7. The molecular formula is C17H20FNO3. The lowest BCUT2D eigenvalue weighted by Crippen LogP contribution is -2.37. The number of nitrogens with zero attached hydrogens (tertiary/aromatic N) is 1. The highest BCUT2D eigenvalue weighted by atomic mass is 19.1. The van der Waals surface area contributed by atoms with E-state index in [1.165, 1.54) is 18.2 Å². The second-order valence-electron chi connectivity index (χ2n) is 6.09. The van der Waals surface area contributed by atoms with Gasteiger partial charge in [-0.2, -0.15) is 0 Å². The normalized spacial score (nSPS) is 22.0. The van der Waals surface area contributed by atoms with Crippen molar-refractivity contribution in [1.29, 1.82) is 0 Å². The van der Waals surface area contributed by atoms with E-state index in [1.807, 2.05) is 0 Å². The lowest BCUT2D eigenvalue weighted by Gasteiger charge is -2.30. The van der Waals surface area contributed by atoms with Crippen LogP contribution in [0.5, 0.6) is 0 Å². The van der Waals surface area contributed by atoms with Crippen LogP contribution in [0, 0.1) is 11.7 Å². The summed E-state index contributed by atoms with van der Waals surface area (Å²) < 4.78 is 18.7. The van der Waals surface area contributed by atoms with Gasteiger partial charge >= 0.3 is 0 Å². The summed E-state index contributed by atoms with van der Waals surface area (Å²) in [6, 6.07) is 5.74. The number of fused-ring (bicyclic) bond motifs is 1. The molecule has 1 saturated carbocycles. The molecule has 2 unspecified atom stereocenters. The molecule has 2 atom stereocenters. The molecular weight excluding hydrogens is 285 g/mol. The highest BCUT2D eigenvalue weighted by molar-refractivity contribution is 5.95. The predicted octanol–water partition coefficient (Wildman–Crippen LogP) is 3.20. The van der Waals surface area contributed by atoms with Crippen LogP contribution >= 0.6 is 0 Å². The fraction of sp³-hybridized carbons (Fsp3) is 0.471. The number of amides is 1. The van der Waals surface area contributed by atoms with Gasteiger partial charge in [0.2, 0.25) is 0 Å². The van der Waals surface area contributed by atoms with Crippen LogP contribution in [0.4, 0.5) is 4.39 Å². The molecule has 118 valence electrons. The zero-order valence-electron chi connectivity index (χ0n) is 12.6. The molecule has 0 bridgehead atoms. The summed E-state index contributed by atoms with van der Waals surface area (Å²) in [6.07, 6.45) is 3.53. The average molecular weight is 305 g/mol. The number of aliphatic hydroxyl groups is 1. The van der Waals surface area contributed by atoms with Crippen LogP contribution in [0.25, 0.3) is 11.0 Å². The third kappa shape index (κ3) is 2.99. The Hall–Kier alpha value is -1.88. The maximum absolute atomic E-state index is 13.2. The van der Waals surface area contributed by atoms with Crippen molar-refractivity contribution >= 4 is 16.9 Å². The molecule has 22 heavy (non-hydrogen) atoms.